The van der Waals surface area contributed by atoms with E-state index in [9.17, 15) is 4.79 Å². The summed E-state index contributed by atoms with van der Waals surface area (Å²) >= 11 is 1.33. The Morgan fingerprint density at radius 3 is 2.95 bits per heavy atom. The zero-order valence-electron chi connectivity index (χ0n) is 10.5. The van der Waals surface area contributed by atoms with Crippen molar-refractivity contribution in [2.24, 2.45) is 0 Å². The molecule has 0 amide bonds. The first kappa shape index (κ1) is 11.9. The molecule has 3 rings (SSSR count). The molecule has 3 aromatic rings. The molecule has 5 heteroatoms. The second-order valence-electron chi connectivity index (χ2n) is 4.11. The Hall–Kier alpha value is -2.14. The summed E-state index contributed by atoms with van der Waals surface area (Å²) < 4.78 is 10.0. The van der Waals surface area contributed by atoms with Crippen LogP contribution in [0.3, 0.4) is 0 Å². The minimum Gasteiger partial charge on any atom is -0.469 e. The van der Waals surface area contributed by atoms with E-state index in [0.717, 1.165) is 27.1 Å². The summed E-state index contributed by atoms with van der Waals surface area (Å²) in [5.74, 6) is 0.522. The molecule has 3 aromatic heterocycles. The lowest BCUT2D eigenvalue weighted by atomic mass is 10.1. The van der Waals surface area contributed by atoms with E-state index < -0.39 is 0 Å². The van der Waals surface area contributed by atoms with Crippen molar-refractivity contribution in [3.05, 3.63) is 41.3 Å². The molecule has 0 N–H and O–H groups in total. The number of thiophene rings is 1. The highest BCUT2D eigenvalue weighted by Gasteiger charge is 2.12. The zero-order valence-corrected chi connectivity index (χ0v) is 11.3. The molecule has 0 aliphatic rings. The number of nitrogens with zero attached hydrogens (tertiary/aromatic N) is 1. The molecule has 0 aliphatic carbocycles. The molecular formula is C14H11NO3S. The van der Waals surface area contributed by atoms with Crippen LogP contribution in [0.15, 0.2) is 35.1 Å². The monoisotopic (exact) mass is 273 g/mol. The molecule has 19 heavy (non-hydrogen) atoms. The van der Waals surface area contributed by atoms with E-state index in [1.54, 1.807) is 18.5 Å². The van der Waals surface area contributed by atoms with Crippen molar-refractivity contribution < 1.29 is 13.9 Å². The SMILES string of the molecule is COC(=O)c1cc2cc(-c3ccoc3C)cnc2s1. The second kappa shape index (κ2) is 4.51. The fourth-order valence-corrected chi connectivity index (χ4v) is 2.87. The van der Waals surface area contributed by atoms with Gasteiger partial charge in [0.25, 0.3) is 0 Å². The maximum Gasteiger partial charge on any atom is 0.348 e. The lowest BCUT2D eigenvalue weighted by Crippen LogP contribution is -1.96. The summed E-state index contributed by atoms with van der Waals surface area (Å²) in [6.07, 6.45) is 3.44. The van der Waals surface area contributed by atoms with Gasteiger partial charge in [-0.25, -0.2) is 9.78 Å². The predicted octanol–water partition coefficient (Wildman–Crippen LogP) is 3.65. The van der Waals surface area contributed by atoms with Crippen LogP contribution in [0.1, 0.15) is 15.4 Å². The second-order valence-corrected chi connectivity index (χ2v) is 5.14. The Morgan fingerprint density at radius 1 is 1.42 bits per heavy atom. The van der Waals surface area contributed by atoms with Gasteiger partial charge in [-0.3, -0.25) is 0 Å². The summed E-state index contributed by atoms with van der Waals surface area (Å²) in [4.78, 5) is 17.3. The van der Waals surface area contributed by atoms with E-state index in [-0.39, 0.29) is 5.97 Å². The average molecular weight is 273 g/mol. The molecule has 0 saturated heterocycles. The van der Waals surface area contributed by atoms with Crippen LogP contribution in [0, 0.1) is 6.92 Å². The largest absolute Gasteiger partial charge is 0.469 e. The Labute approximate surface area is 113 Å². The number of hydrogen-bond acceptors (Lipinski definition) is 5. The Morgan fingerprint density at radius 2 is 2.26 bits per heavy atom. The van der Waals surface area contributed by atoms with Crippen LogP contribution >= 0.6 is 11.3 Å². The number of fused-ring (bicyclic) bond motifs is 1. The Balaban J connectivity index is 2.11. The van der Waals surface area contributed by atoms with Crippen LogP contribution in [0.25, 0.3) is 21.3 Å². The molecule has 3 heterocycles. The van der Waals surface area contributed by atoms with E-state index in [1.807, 2.05) is 19.1 Å². The minimum absolute atomic E-state index is 0.330. The molecule has 0 aliphatic heterocycles. The first-order chi connectivity index (χ1) is 9.19. The molecule has 0 spiro atoms. The number of aryl methyl sites for hydroxylation is 1. The third kappa shape index (κ3) is 2.02. The molecule has 0 unspecified atom stereocenters. The number of hydrogen-bond donors (Lipinski definition) is 0. The van der Waals surface area contributed by atoms with Gasteiger partial charge in [-0.05, 0) is 25.1 Å². The van der Waals surface area contributed by atoms with E-state index in [2.05, 4.69) is 4.98 Å². The smallest absolute Gasteiger partial charge is 0.348 e. The van der Waals surface area contributed by atoms with Crippen molar-refractivity contribution in [1.29, 1.82) is 0 Å². The molecule has 0 fully saturated rings. The van der Waals surface area contributed by atoms with Crippen molar-refractivity contribution in [2.75, 3.05) is 7.11 Å². The molecular weight excluding hydrogens is 262 g/mol. The average Bonchev–Trinajstić information content (AvgIpc) is 3.02. The van der Waals surface area contributed by atoms with Crippen LogP contribution in [0.2, 0.25) is 0 Å². The highest BCUT2D eigenvalue weighted by Crippen LogP contribution is 2.30. The maximum absolute atomic E-state index is 11.5. The van der Waals surface area contributed by atoms with Crippen molar-refractivity contribution in [3.63, 3.8) is 0 Å². The molecule has 0 atom stereocenters. The van der Waals surface area contributed by atoms with Crippen LogP contribution < -0.4 is 0 Å². The highest BCUT2D eigenvalue weighted by molar-refractivity contribution is 7.20. The van der Waals surface area contributed by atoms with Gasteiger partial charge in [0.05, 0.1) is 13.4 Å². The third-order valence-corrected chi connectivity index (χ3v) is 3.97. The number of aromatic nitrogens is 1. The number of furan rings is 1. The normalized spacial score (nSPS) is 10.8. The molecule has 0 radical (unpaired) electrons. The van der Waals surface area contributed by atoms with Gasteiger partial charge in [-0.1, -0.05) is 0 Å². The Kier molecular flexibility index (Phi) is 2.83. The lowest BCUT2D eigenvalue weighted by Gasteiger charge is -1.98. The summed E-state index contributed by atoms with van der Waals surface area (Å²) in [6, 6.07) is 5.71. The number of carbonyl (C=O) groups is 1. The number of ether oxygens (including phenoxy) is 1. The summed E-state index contributed by atoms with van der Waals surface area (Å²) in [7, 11) is 1.38. The fourth-order valence-electron chi connectivity index (χ4n) is 1.97. The van der Waals surface area contributed by atoms with E-state index in [4.69, 9.17) is 9.15 Å². The number of carbonyl (C=O) groups excluding carboxylic acids is 1. The third-order valence-electron chi connectivity index (χ3n) is 2.93. The molecule has 0 saturated carbocycles. The highest BCUT2D eigenvalue weighted by atomic mass is 32.1. The van der Waals surface area contributed by atoms with Crippen LogP contribution in [0.4, 0.5) is 0 Å². The van der Waals surface area contributed by atoms with Gasteiger partial charge in [0, 0.05) is 22.7 Å². The summed E-state index contributed by atoms with van der Waals surface area (Å²) in [6.45, 7) is 1.91. The van der Waals surface area contributed by atoms with Gasteiger partial charge in [-0.2, -0.15) is 0 Å². The van der Waals surface area contributed by atoms with Crippen molar-refractivity contribution in [1.82, 2.24) is 4.98 Å². The van der Waals surface area contributed by atoms with Gasteiger partial charge in [-0.15, -0.1) is 11.3 Å². The van der Waals surface area contributed by atoms with E-state index >= 15 is 0 Å². The molecule has 0 bridgehead atoms. The molecule has 96 valence electrons. The van der Waals surface area contributed by atoms with E-state index in [1.165, 1.54) is 18.4 Å². The van der Waals surface area contributed by atoms with Crippen LogP contribution in [0.5, 0.6) is 0 Å². The van der Waals surface area contributed by atoms with Crippen LogP contribution in [-0.4, -0.2) is 18.1 Å². The standard InChI is InChI=1S/C14H11NO3S/c1-8-11(3-4-18-8)10-5-9-6-12(14(16)17-2)19-13(9)15-7-10/h3-7H,1-2H3. The van der Waals surface area contributed by atoms with Gasteiger partial charge in [0.15, 0.2) is 0 Å². The number of methoxy groups -OCH3 is 1. The van der Waals surface area contributed by atoms with Gasteiger partial charge >= 0.3 is 5.97 Å². The van der Waals surface area contributed by atoms with E-state index in [0.29, 0.717) is 4.88 Å². The predicted molar refractivity (Wildman–Crippen MR) is 73.4 cm³/mol. The lowest BCUT2D eigenvalue weighted by molar-refractivity contribution is 0.0606. The quantitative estimate of drug-likeness (QED) is 0.669. The summed E-state index contributed by atoms with van der Waals surface area (Å²) in [5.41, 5.74) is 1.99. The zero-order chi connectivity index (χ0) is 13.4. The van der Waals surface area contributed by atoms with Crippen molar-refractivity contribution >= 4 is 27.5 Å². The van der Waals surface area contributed by atoms with Crippen LogP contribution in [-0.2, 0) is 4.74 Å². The van der Waals surface area contributed by atoms with Crippen molar-refractivity contribution in [2.45, 2.75) is 6.92 Å². The van der Waals surface area contributed by atoms with Gasteiger partial charge < -0.3 is 9.15 Å². The minimum atomic E-state index is -0.330. The molecule has 0 aromatic carbocycles. The fraction of sp³-hybridized carbons (Fsp3) is 0.143. The summed E-state index contributed by atoms with van der Waals surface area (Å²) in [5, 5.41) is 0.934. The van der Waals surface area contributed by atoms with Gasteiger partial charge in [0.2, 0.25) is 0 Å². The first-order valence-corrected chi connectivity index (χ1v) is 6.53. The van der Waals surface area contributed by atoms with Crippen molar-refractivity contribution in [3.8, 4) is 11.1 Å². The first-order valence-electron chi connectivity index (χ1n) is 5.71. The maximum atomic E-state index is 11.5. The Bertz CT molecular complexity index is 757. The number of rotatable bonds is 2. The number of pyridine rings is 1. The molecule has 4 nitrogen and oxygen atoms in total. The number of esters is 1. The van der Waals surface area contributed by atoms with Gasteiger partial charge in [0.1, 0.15) is 15.5 Å². The topological polar surface area (TPSA) is 52.3 Å².